The van der Waals surface area contributed by atoms with Crippen LogP contribution < -0.4 is 5.32 Å². The third-order valence-electron chi connectivity index (χ3n) is 3.41. The second-order valence-electron chi connectivity index (χ2n) is 5.30. The van der Waals surface area contributed by atoms with Gasteiger partial charge >= 0.3 is 0 Å². The summed E-state index contributed by atoms with van der Waals surface area (Å²) in [5, 5.41) is 19.6. The fourth-order valence-electron chi connectivity index (χ4n) is 2.16. The van der Waals surface area contributed by atoms with Crippen molar-refractivity contribution in [3.63, 3.8) is 0 Å². The number of nitrogens with one attached hydrogen (secondary N) is 2. The minimum Gasteiger partial charge on any atom is -0.340 e. The summed E-state index contributed by atoms with van der Waals surface area (Å²) in [5.41, 5.74) is 3.24. The second kappa shape index (κ2) is 7.99. The molecule has 0 radical (unpaired) electrons. The molecule has 0 saturated heterocycles. The van der Waals surface area contributed by atoms with Gasteiger partial charge in [0.25, 0.3) is 0 Å². The third-order valence-corrected chi connectivity index (χ3v) is 4.91. The third kappa shape index (κ3) is 4.70. The molecule has 0 aliphatic heterocycles. The highest BCUT2D eigenvalue weighted by molar-refractivity contribution is 7.13. The monoisotopic (exact) mass is 376 g/mol. The van der Waals surface area contributed by atoms with Gasteiger partial charge < -0.3 is 10.2 Å². The zero-order valence-corrected chi connectivity index (χ0v) is 15.1. The van der Waals surface area contributed by atoms with Crippen LogP contribution in [0, 0.1) is 0 Å². The zero-order chi connectivity index (χ0) is 17.6. The van der Waals surface area contributed by atoms with E-state index in [-0.39, 0.29) is 24.7 Å². The number of hydrogen-bond donors (Lipinski definition) is 2. The van der Waals surface area contributed by atoms with E-state index in [0.29, 0.717) is 11.7 Å². The maximum atomic E-state index is 12.2. The number of thiophene rings is 1. The molecule has 25 heavy (non-hydrogen) atoms. The van der Waals surface area contributed by atoms with Crippen LogP contribution in [0.2, 0.25) is 0 Å². The topological polar surface area (TPSA) is 104 Å². The number of H-pyrrole nitrogens is 1. The lowest BCUT2D eigenvalue weighted by Gasteiger charge is -2.15. The number of hydrogen-bond acceptors (Lipinski definition) is 7. The number of aromatic nitrogens is 4. The van der Waals surface area contributed by atoms with Gasteiger partial charge in [0, 0.05) is 19.9 Å². The summed E-state index contributed by atoms with van der Waals surface area (Å²) < 4.78 is 0. The van der Waals surface area contributed by atoms with Crippen molar-refractivity contribution in [3.8, 4) is 10.6 Å². The molecule has 0 aliphatic carbocycles. The number of amides is 2. The van der Waals surface area contributed by atoms with Gasteiger partial charge in [-0.15, -0.1) is 21.5 Å². The maximum Gasteiger partial charge on any atom is 0.226 e. The molecule has 8 nitrogen and oxygen atoms in total. The van der Waals surface area contributed by atoms with E-state index in [1.54, 1.807) is 23.3 Å². The van der Waals surface area contributed by atoms with Crippen LogP contribution >= 0.6 is 22.7 Å². The van der Waals surface area contributed by atoms with Gasteiger partial charge in [0.05, 0.1) is 17.1 Å². The minimum absolute atomic E-state index is 0.103. The van der Waals surface area contributed by atoms with Crippen molar-refractivity contribution in [2.75, 3.05) is 12.4 Å². The highest BCUT2D eigenvalue weighted by Crippen LogP contribution is 2.23. The average Bonchev–Trinajstić information content (AvgIpc) is 3.34. The molecule has 0 fully saturated rings. The molecule has 2 amide bonds. The van der Waals surface area contributed by atoms with Crippen LogP contribution in [0.1, 0.15) is 18.5 Å². The maximum absolute atomic E-state index is 12.2. The van der Waals surface area contributed by atoms with Gasteiger partial charge in [-0.1, -0.05) is 17.4 Å². The quantitative estimate of drug-likeness (QED) is 0.659. The molecule has 3 heterocycles. The number of anilines is 1. The van der Waals surface area contributed by atoms with Crippen molar-refractivity contribution in [1.82, 2.24) is 25.3 Å². The summed E-state index contributed by atoms with van der Waals surface area (Å²) in [6.45, 7) is 0.412. The van der Waals surface area contributed by atoms with E-state index in [0.717, 1.165) is 16.3 Å². The molecule has 10 heteroatoms. The SMILES string of the molecule is CN(Cc1cc(-c2cccs2)n[nH]1)C(=O)CCC(=O)Nc1nncs1. The molecule has 0 bridgehead atoms. The lowest BCUT2D eigenvalue weighted by Crippen LogP contribution is -2.27. The first kappa shape index (κ1) is 17.2. The minimum atomic E-state index is -0.250. The Morgan fingerprint density at radius 2 is 2.20 bits per heavy atom. The summed E-state index contributed by atoms with van der Waals surface area (Å²) in [4.78, 5) is 26.6. The van der Waals surface area contributed by atoms with Crippen molar-refractivity contribution in [1.29, 1.82) is 0 Å². The number of carbonyl (C=O) groups excluding carboxylic acids is 2. The molecule has 3 aromatic rings. The lowest BCUT2D eigenvalue weighted by atomic mass is 10.2. The van der Waals surface area contributed by atoms with Gasteiger partial charge in [0.15, 0.2) is 0 Å². The Balaban J connectivity index is 1.47. The van der Waals surface area contributed by atoms with E-state index in [2.05, 4.69) is 25.7 Å². The van der Waals surface area contributed by atoms with Crippen LogP contribution in [-0.2, 0) is 16.1 Å². The van der Waals surface area contributed by atoms with Crippen LogP contribution in [0.25, 0.3) is 10.6 Å². The first-order valence-electron chi connectivity index (χ1n) is 7.50. The van der Waals surface area contributed by atoms with E-state index in [4.69, 9.17) is 0 Å². The predicted octanol–water partition coefficient (Wildman–Crippen LogP) is 2.37. The van der Waals surface area contributed by atoms with Gasteiger partial charge in [-0.05, 0) is 17.5 Å². The van der Waals surface area contributed by atoms with Crippen molar-refractivity contribution in [3.05, 3.63) is 34.8 Å². The molecular formula is C15H16N6O2S2. The van der Waals surface area contributed by atoms with E-state index in [1.807, 2.05) is 23.6 Å². The number of aromatic amines is 1. The highest BCUT2D eigenvalue weighted by atomic mass is 32.1. The lowest BCUT2D eigenvalue weighted by molar-refractivity contribution is -0.132. The number of nitrogens with zero attached hydrogens (tertiary/aromatic N) is 4. The van der Waals surface area contributed by atoms with Crippen molar-refractivity contribution in [2.45, 2.75) is 19.4 Å². The number of rotatable bonds is 7. The van der Waals surface area contributed by atoms with Crippen LogP contribution in [0.15, 0.2) is 29.1 Å². The van der Waals surface area contributed by atoms with Crippen LogP contribution in [0.3, 0.4) is 0 Å². The Kier molecular flexibility index (Phi) is 5.51. The van der Waals surface area contributed by atoms with E-state index < -0.39 is 0 Å². The Labute approximate surface area is 151 Å². The Bertz CT molecular complexity index is 828. The first-order chi connectivity index (χ1) is 12.1. The summed E-state index contributed by atoms with van der Waals surface area (Å²) in [6, 6.07) is 5.89. The predicted molar refractivity (Wildman–Crippen MR) is 96.1 cm³/mol. The Morgan fingerprint density at radius 1 is 1.32 bits per heavy atom. The van der Waals surface area contributed by atoms with Crippen LogP contribution in [0.4, 0.5) is 5.13 Å². The van der Waals surface area contributed by atoms with E-state index in [1.165, 1.54) is 16.8 Å². The van der Waals surface area contributed by atoms with Gasteiger partial charge in [0.1, 0.15) is 11.2 Å². The zero-order valence-electron chi connectivity index (χ0n) is 13.4. The Morgan fingerprint density at radius 3 is 2.92 bits per heavy atom. The normalized spacial score (nSPS) is 10.6. The van der Waals surface area contributed by atoms with Gasteiger partial charge in [-0.3, -0.25) is 14.7 Å². The van der Waals surface area contributed by atoms with Gasteiger partial charge in [0.2, 0.25) is 16.9 Å². The van der Waals surface area contributed by atoms with Crippen molar-refractivity contribution in [2.24, 2.45) is 0 Å². The van der Waals surface area contributed by atoms with Crippen LogP contribution in [-0.4, -0.2) is 44.2 Å². The molecular weight excluding hydrogens is 360 g/mol. The number of carbonyl (C=O) groups is 2. The summed E-state index contributed by atoms with van der Waals surface area (Å²) >= 11 is 2.85. The molecule has 2 N–H and O–H groups in total. The van der Waals surface area contributed by atoms with Crippen molar-refractivity contribution < 1.29 is 9.59 Å². The molecule has 0 spiro atoms. The Hall–Kier alpha value is -2.59. The summed E-state index contributed by atoms with van der Waals surface area (Å²) in [7, 11) is 1.70. The molecule has 3 aromatic heterocycles. The molecule has 0 aromatic carbocycles. The molecule has 130 valence electrons. The molecule has 0 aliphatic rings. The summed E-state index contributed by atoms with van der Waals surface area (Å²) in [6.07, 6.45) is 0.235. The van der Waals surface area contributed by atoms with Crippen LogP contribution in [0.5, 0.6) is 0 Å². The van der Waals surface area contributed by atoms with Gasteiger partial charge in [-0.25, -0.2) is 0 Å². The largest absolute Gasteiger partial charge is 0.340 e. The smallest absolute Gasteiger partial charge is 0.226 e. The first-order valence-corrected chi connectivity index (χ1v) is 9.26. The molecule has 3 rings (SSSR count). The van der Waals surface area contributed by atoms with E-state index in [9.17, 15) is 9.59 Å². The summed E-state index contributed by atoms with van der Waals surface area (Å²) in [5.74, 6) is -0.361. The fraction of sp³-hybridized carbons (Fsp3) is 0.267. The highest BCUT2D eigenvalue weighted by Gasteiger charge is 2.14. The molecule has 0 saturated carbocycles. The van der Waals surface area contributed by atoms with E-state index >= 15 is 0 Å². The second-order valence-corrected chi connectivity index (χ2v) is 7.08. The fourth-order valence-corrected chi connectivity index (χ4v) is 3.30. The standard InChI is InChI=1S/C15H16N6O2S2/c1-21(8-10-7-11(19-18-10)12-3-2-6-24-12)14(23)5-4-13(22)17-15-20-16-9-25-15/h2-3,6-7,9H,4-5,8H2,1H3,(H,18,19)(H,17,20,22). The van der Waals surface area contributed by atoms with Gasteiger partial charge in [-0.2, -0.15) is 5.10 Å². The molecule has 0 unspecified atom stereocenters. The van der Waals surface area contributed by atoms with Crippen molar-refractivity contribution >= 4 is 39.6 Å². The molecule has 0 atom stereocenters. The average molecular weight is 376 g/mol.